The first-order valence-electron chi connectivity index (χ1n) is 2.76. The van der Waals surface area contributed by atoms with Gasteiger partial charge in [-0.25, -0.2) is 0 Å². The Labute approximate surface area is 60.7 Å². The summed E-state index contributed by atoms with van der Waals surface area (Å²) in [5.74, 6) is 0. The summed E-state index contributed by atoms with van der Waals surface area (Å²) < 4.78 is 35.4. The molecule has 10 heavy (non-hydrogen) atoms. The molecule has 1 aromatic heterocycles. The third-order valence-corrected chi connectivity index (χ3v) is 2.31. The van der Waals surface area contributed by atoms with E-state index in [0.29, 0.717) is 5.56 Å². The van der Waals surface area contributed by atoms with E-state index < -0.39 is 11.8 Å². The highest BCUT2D eigenvalue weighted by atomic mass is 32.1. The molecule has 1 aromatic rings. The zero-order chi connectivity index (χ0) is 7.78. The molecule has 5 heteroatoms. The summed E-state index contributed by atoms with van der Waals surface area (Å²) in [4.78, 5) is 0. The summed E-state index contributed by atoms with van der Waals surface area (Å²) in [7, 11) is 0. The van der Waals surface area contributed by atoms with Crippen molar-refractivity contribution in [3.63, 3.8) is 0 Å². The Morgan fingerprint density at radius 1 is 1.40 bits per heavy atom. The SMILES string of the molecule is Cc1ccsc1[B-](F)(F)F. The van der Waals surface area contributed by atoms with Crippen LogP contribution < -0.4 is 4.78 Å². The standard InChI is InChI=1S/C5H5BF3S/c1-4-2-3-10-5(4)6(7,8)9/h2-3H,1H3/q-1. The zero-order valence-corrected chi connectivity index (χ0v) is 6.09. The van der Waals surface area contributed by atoms with E-state index in [9.17, 15) is 12.9 Å². The lowest BCUT2D eigenvalue weighted by Crippen LogP contribution is -2.32. The fourth-order valence-corrected chi connectivity index (χ4v) is 1.55. The first-order chi connectivity index (χ1) is 4.52. The topological polar surface area (TPSA) is 0 Å². The van der Waals surface area contributed by atoms with Crippen LogP contribution in [0.3, 0.4) is 0 Å². The number of rotatable bonds is 1. The van der Waals surface area contributed by atoms with Crippen LogP contribution in [0.1, 0.15) is 5.56 Å². The first-order valence-corrected chi connectivity index (χ1v) is 3.63. The quantitative estimate of drug-likeness (QED) is 0.559. The molecule has 0 atom stereocenters. The molecule has 0 aliphatic heterocycles. The average Bonchev–Trinajstić information content (AvgIpc) is 2.11. The molecule has 0 radical (unpaired) electrons. The van der Waals surface area contributed by atoms with Crippen molar-refractivity contribution < 1.29 is 12.9 Å². The minimum Gasteiger partial charge on any atom is -0.444 e. The lowest BCUT2D eigenvalue weighted by Gasteiger charge is -2.12. The molecule has 0 amide bonds. The van der Waals surface area contributed by atoms with E-state index in [-0.39, 0.29) is 0 Å². The number of hydrogen-bond acceptors (Lipinski definition) is 1. The van der Waals surface area contributed by atoms with E-state index in [2.05, 4.69) is 0 Å². The fourth-order valence-electron chi connectivity index (χ4n) is 0.720. The maximum atomic E-state index is 12.0. The minimum absolute atomic E-state index is 0.331. The molecule has 1 rings (SSSR count). The Bertz CT molecular complexity index is 227. The van der Waals surface area contributed by atoms with Gasteiger partial charge in [0.05, 0.1) is 0 Å². The van der Waals surface area contributed by atoms with Gasteiger partial charge < -0.3 is 12.9 Å². The molecular formula is C5H5BF3S-. The van der Waals surface area contributed by atoms with Crippen molar-refractivity contribution in [3.8, 4) is 0 Å². The molecule has 56 valence electrons. The van der Waals surface area contributed by atoms with Gasteiger partial charge in [-0.1, -0.05) is 16.4 Å². The van der Waals surface area contributed by atoms with Crippen molar-refractivity contribution in [1.29, 1.82) is 0 Å². The van der Waals surface area contributed by atoms with Crippen molar-refractivity contribution in [1.82, 2.24) is 0 Å². The van der Waals surface area contributed by atoms with E-state index in [4.69, 9.17) is 0 Å². The van der Waals surface area contributed by atoms with E-state index >= 15 is 0 Å². The molecule has 0 N–H and O–H groups in total. The molecule has 0 bridgehead atoms. The van der Waals surface area contributed by atoms with Crippen LogP contribution in [0, 0.1) is 6.92 Å². The summed E-state index contributed by atoms with van der Waals surface area (Å²) in [5, 5.41) is 1.46. The van der Waals surface area contributed by atoms with Crippen LogP contribution >= 0.6 is 11.3 Å². The van der Waals surface area contributed by atoms with Crippen molar-refractivity contribution in [2.45, 2.75) is 6.92 Å². The number of hydrogen-bond donors (Lipinski definition) is 0. The van der Waals surface area contributed by atoms with Gasteiger partial charge in [-0.05, 0) is 12.3 Å². The van der Waals surface area contributed by atoms with Crippen molar-refractivity contribution in [3.05, 3.63) is 17.0 Å². The molecule has 0 saturated carbocycles. The smallest absolute Gasteiger partial charge is 0.444 e. The van der Waals surface area contributed by atoms with Crippen molar-refractivity contribution in [2.75, 3.05) is 0 Å². The highest BCUT2D eigenvalue weighted by molar-refractivity contribution is 7.22. The lowest BCUT2D eigenvalue weighted by atomic mass is 9.87. The van der Waals surface area contributed by atoms with Gasteiger partial charge in [0.15, 0.2) is 0 Å². The van der Waals surface area contributed by atoms with Crippen LogP contribution in [-0.2, 0) is 0 Å². The Morgan fingerprint density at radius 3 is 2.20 bits per heavy atom. The molecule has 0 saturated heterocycles. The van der Waals surface area contributed by atoms with Crippen LogP contribution in [0.4, 0.5) is 12.9 Å². The van der Waals surface area contributed by atoms with Gasteiger partial charge in [0, 0.05) is 0 Å². The maximum absolute atomic E-state index is 12.0. The third kappa shape index (κ3) is 1.34. The predicted molar refractivity (Wildman–Crippen MR) is 37.8 cm³/mol. The summed E-state index contributed by atoms with van der Waals surface area (Å²) >= 11 is 0.759. The highest BCUT2D eigenvalue weighted by Crippen LogP contribution is 2.15. The van der Waals surface area contributed by atoms with Gasteiger partial charge >= 0.3 is 6.98 Å². The van der Waals surface area contributed by atoms with E-state index in [1.165, 1.54) is 18.4 Å². The van der Waals surface area contributed by atoms with E-state index in [1.807, 2.05) is 0 Å². The van der Waals surface area contributed by atoms with Gasteiger partial charge in [0.25, 0.3) is 0 Å². The van der Waals surface area contributed by atoms with Crippen molar-refractivity contribution >= 4 is 23.1 Å². The van der Waals surface area contributed by atoms with Crippen LogP contribution in [0.15, 0.2) is 11.4 Å². The normalized spacial score (nSPS) is 12.0. The molecule has 0 aromatic carbocycles. The summed E-state index contributed by atoms with van der Waals surface area (Å²) in [6.07, 6.45) is 0. The second-order valence-electron chi connectivity index (χ2n) is 2.04. The molecule has 0 unspecified atom stereocenters. The molecule has 0 aliphatic carbocycles. The second kappa shape index (κ2) is 2.30. The van der Waals surface area contributed by atoms with Gasteiger partial charge in [-0.2, -0.15) is 11.3 Å². The Kier molecular flexibility index (Phi) is 1.77. The molecule has 0 fully saturated rings. The average molecular weight is 165 g/mol. The van der Waals surface area contributed by atoms with Crippen molar-refractivity contribution in [2.24, 2.45) is 0 Å². The maximum Gasteiger partial charge on any atom is 0.519 e. The van der Waals surface area contributed by atoms with Crippen LogP contribution in [-0.4, -0.2) is 6.98 Å². The van der Waals surface area contributed by atoms with E-state index in [0.717, 1.165) is 11.3 Å². The molecule has 0 spiro atoms. The molecule has 0 nitrogen and oxygen atoms in total. The van der Waals surface area contributed by atoms with Gasteiger partial charge in [0.2, 0.25) is 0 Å². The third-order valence-electron chi connectivity index (χ3n) is 1.20. The van der Waals surface area contributed by atoms with Crippen LogP contribution in [0.5, 0.6) is 0 Å². The zero-order valence-electron chi connectivity index (χ0n) is 5.27. The summed E-state index contributed by atoms with van der Waals surface area (Å²) in [6, 6.07) is 1.48. The number of thiophene rings is 1. The van der Waals surface area contributed by atoms with Crippen LogP contribution in [0.25, 0.3) is 0 Å². The minimum atomic E-state index is -4.77. The monoisotopic (exact) mass is 165 g/mol. The highest BCUT2D eigenvalue weighted by Gasteiger charge is 2.28. The number of halogens is 3. The van der Waals surface area contributed by atoms with Gasteiger partial charge in [0.1, 0.15) is 0 Å². The predicted octanol–water partition coefficient (Wildman–Crippen LogP) is 2.11. The number of aryl methyl sites for hydroxylation is 1. The Morgan fingerprint density at radius 2 is 2.00 bits per heavy atom. The Balaban J connectivity index is 3.05. The fraction of sp³-hybridized carbons (Fsp3) is 0.200. The first kappa shape index (κ1) is 7.66. The summed E-state index contributed by atoms with van der Waals surface area (Å²) in [5.41, 5.74) is 0.331. The second-order valence-corrected chi connectivity index (χ2v) is 2.99. The molecular weight excluding hydrogens is 160 g/mol. The van der Waals surface area contributed by atoms with Gasteiger partial charge in [-0.15, -0.1) is 0 Å². The lowest BCUT2D eigenvalue weighted by molar-refractivity contribution is 0.502. The molecule has 1 heterocycles. The van der Waals surface area contributed by atoms with Crippen LogP contribution in [0.2, 0.25) is 0 Å². The largest absolute Gasteiger partial charge is 0.519 e. The summed E-state index contributed by atoms with van der Waals surface area (Å²) in [6.45, 7) is -3.30. The van der Waals surface area contributed by atoms with Gasteiger partial charge in [-0.3, -0.25) is 0 Å². The Hall–Kier alpha value is -0.445. The van der Waals surface area contributed by atoms with E-state index in [1.54, 1.807) is 0 Å². The molecule has 0 aliphatic rings.